The number of hydrogen-bond donors (Lipinski definition) is 1. The normalized spacial score (nSPS) is 21.6. The van der Waals surface area contributed by atoms with Crippen LogP contribution in [0.5, 0.6) is 0 Å². The Morgan fingerprint density at radius 1 is 1.21 bits per heavy atom. The number of hydrogen-bond acceptors (Lipinski definition) is 1. The van der Waals surface area contributed by atoms with Gasteiger partial charge in [0.2, 0.25) is 0 Å². The van der Waals surface area contributed by atoms with Gasteiger partial charge in [0.05, 0.1) is 6.10 Å². The maximum absolute atomic E-state index is 9.63. The summed E-state index contributed by atoms with van der Waals surface area (Å²) in [5.41, 5.74) is 5.24. The Hall–Kier alpha value is -0.483. The molecule has 0 spiro atoms. The minimum Gasteiger partial charge on any atom is -1.00 e. The van der Waals surface area contributed by atoms with Crippen molar-refractivity contribution in [1.82, 2.24) is 0 Å². The zero-order valence-corrected chi connectivity index (χ0v) is 8.46. The summed E-state index contributed by atoms with van der Waals surface area (Å²) in [6.07, 6.45) is 7.21. The predicted octanol–water partition coefficient (Wildman–Crippen LogP) is -0.648. The number of benzene rings is 1. The van der Waals surface area contributed by atoms with Crippen molar-refractivity contribution in [1.29, 1.82) is 0 Å². The quantitative estimate of drug-likeness (QED) is 0.526. The van der Waals surface area contributed by atoms with E-state index in [2.05, 4.69) is 12.1 Å². The molecule has 2 heteroatoms. The van der Waals surface area contributed by atoms with E-state index in [1.807, 2.05) is 12.2 Å². The van der Waals surface area contributed by atoms with Crippen LogP contribution in [0, 0.1) is 0 Å². The van der Waals surface area contributed by atoms with E-state index >= 15 is 0 Å². The molecule has 1 atom stereocenters. The van der Waals surface area contributed by atoms with Crippen molar-refractivity contribution in [3.63, 3.8) is 0 Å². The summed E-state index contributed by atoms with van der Waals surface area (Å²) >= 11 is 0. The fraction of sp³-hybridized carbons (Fsp3) is 0.333. The first-order valence-corrected chi connectivity index (χ1v) is 4.86. The fourth-order valence-electron chi connectivity index (χ4n) is 2.36. The van der Waals surface area contributed by atoms with E-state index in [1.165, 1.54) is 36.0 Å². The predicted molar refractivity (Wildman–Crippen MR) is 53.6 cm³/mol. The van der Waals surface area contributed by atoms with Crippen LogP contribution in [0.2, 0.25) is 0 Å². The molecule has 1 nitrogen and oxygen atoms in total. The Kier molecular flexibility index (Phi) is 2.57. The molecular weight excluding hydrogens is 167 g/mol. The first-order valence-electron chi connectivity index (χ1n) is 4.86. The zero-order valence-electron chi connectivity index (χ0n) is 9.46. The maximum Gasteiger partial charge on any atom is 1.00 e. The van der Waals surface area contributed by atoms with Gasteiger partial charge in [0.1, 0.15) is 0 Å². The van der Waals surface area contributed by atoms with Crippen molar-refractivity contribution >= 4 is 6.08 Å². The van der Waals surface area contributed by atoms with Crippen LogP contribution in [-0.2, 0) is 12.8 Å². The van der Waals surface area contributed by atoms with E-state index in [9.17, 15) is 5.11 Å². The molecule has 0 radical (unpaired) electrons. The van der Waals surface area contributed by atoms with Crippen LogP contribution in [-0.4, -0.2) is 5.11 Å². The van der Waals surface area contributed by atoms with Gasteiger partial charge < -0.3 is 6.53 Å². The van der Waals surface area contributed by atoms with E-state index in [4.69, 9.17) is 0 Å². The van der Waals surface area contributed by atoms with Crippen molar-refractivity contribution in [3.05, 3.63) is 40.5 Å². The fourth-order valence-corrected chi connectivity index (χ4v) is 2.36. The van der Waals surface area contributed by atoms with Crippen molar-refractivity contribution in [2.75, 3.05) is 0 Å². The van der Waals surface area contributed by atoms with E-state index in [0.717, 1.165) is 5.56 Å². The van der Waals surface area contributed by atoms with Crippen molar-refractivity contribution in [3.8, 4) is 0 Å². The van der Waals surface area contributed by atoms with Gasteiger partial charge in [-0.15, -0.1) is 0 Å². The van der Waals surface area contributed by atoms with E-state index in [0.29, 0.717) is 0 Å². The van der Waals surface area contributed by atoms with Crippen LogP contribution in [0.4, 0.5) is 0 Å². The molecule has 0 aromatic heterocycles. The molecule has 0 fully saturated rings. The summed E-state index contributed by atoms with van der Waals surface area (Å²) in [5, 5.41) is 9.63. The Morgan fingerprint density at radius 2 is 1.93 bits per heavy atom. The average molecular weight is 180 g/mol. The first-order chi connectivity index (χ1) is 6.34. The topological polar surface area (TPSA) is 20.2 Å². The third kappa shape index (κ3) is 1.37. The minimum atomic E-state index is -0.360. The standard InChI is InChI=1S/C12H12O.Li.H/c13-12-5-4-10-6-8-2-1-3-9(8)7-11(10)12;;/h4-7,12-13H,1-3H2;;/q;+1;-1. The number of aliphatic hydroxyl groups excluding tert-OH is 1. The van der Waals surface area contributed by atoms with Crippen LogP contribution in [0.3, 0.4) is 0 Å². The molecule has 0 amide bonds. The molecule has 2 aliphatic carbocycles. The van der Waals surface area contributed by atoms with Crippen LogP contribution < -0.4 is 18.9 Å². The summed E-state index contributed by atoms with van der Waals surface area (Å²) in [6.45, 7) is 0. The zero-order chi connectivity index (χ0) is 8.84. The molecule has 0 saturated carbocycles. The summed E-state index contributed by atoms with van der Waals surface area (Å²) in [7, 11) is 0. The number of aliphatic hydroxyl groups is 1. The van der Waals surface area contributed by atoms with Gasteiger partial charge in [0.15, 0.2) is 0 Å². The Balaban J connectivity index is 0.000000562. The summed E-state index contributed by atoms with van der Waals surface area (Å²) in [6, 6.07) is 4.42. The van der Waals surface area contributed by atoms with Gasteiger partial charge in [0.25, 0.3) is 0 Å². The molecule has 68 valence electrons. The van der Waals surface area contributed by atoms with Crippen LogP contribution in [0.1, 0.15) is 36.2 Å². The molecule has 1 aromatic carbocycles. The summed E-state index contributed by atoms with van der Waals surface area (Å²) in [5.74, 6) is 0. The van der Waals surface area contributed by atoms with Gasteiger partial charge >= 0.3 is 18.9 Å². The van der Waals surface area contributed by atoms with E-state index in [-0.39, 0.29) is 26.4 Å². The molecule has 14 heavy (non-hydrogen) atoms. The first kappa shape index (κ1) is 10.0. The van der Waals surface area contributed by atoms with Crippen LogP contribution in [0.25, 0.3) is 6.08 Å². The second-order valence-electron chi connectivity index (χ2n) is 3.91. The Bertz CT molecular complexity index is 401. The number of fused-ring (bicyclic) bond motifs is 2. The van der Waals surface area contributed by atoms with Crippen molar-refractivity contribution in [2.24, 2.45) is 0 Å². The Labute approximate surface area is 97.5 Å². The average Bonchev–Trinajstić information content (AvgIpc) is 2.70. The molecule has 2 aliphatic rings. The Morgan fingerprint density at radius 3 is 2.71 bits per heavy atom. The van der Waals surface area contributed by atoms with Gasteiger partial charge in [-0.1, -0.05) is 24.3 Å². The molecule has 1 aromatic rings. The van der Waals surface area contributed by atoms with E-state index in [1.54, 1.807) is 0 Å². The van der Waals surface area contributed by atoms with Crippen molar-refractivity contribution < 1.29 is 25.4 Å². The maximum atomic E-state index is 9.63. The molecule has 3 rings (SSSR count). The van der Waals surface area contributed by atoms with Gasteiger partial charge in [0, 0.05) is 0 Å². The van der Waals surface area contributed by atoms with Gasteiger partial charge in [-0.05, 0) is 41.5 Å². The third-order valence-electron chi connectivity index (χ3n) is 3.07. The minimum absolute atomic E-state index is 0. The molecule has 1 N–H and O–H groups in total. The number of aryl methyl sites for hydroxylation is 2. The largest absolute Gasteiger partial charge is 1.00 e. The molecule has 1 unspecified atom stereocenters. The monoisotopic (exact) mass is 180 g/mol. The van der Waals surface area contributed by atoms with Crippen LogP contribution >= 0.6 is 0 Å². The van der Waals surface area contributed by atoms with Gasteiger partial charge in [-0.3, -0.25) is 0 Å². The molecular formula is C12H13LiO. The third-order valence-corrected chi connectivity index (χ3v) is 3.07. The second-order valence-corrected chi connectivity index (χ2v) is 3.91. The van der Waals surface area contributed by atoms with Crippen molar-refractivity contribution in [2.45, 2.75) is 25.4 Å². The molecule has 0 saturated heterocycles. The number of rotatable bonds is 0. The molecule has 0 heterocycles. The summed E-state index contributed by atoms with van der Waals surface area (Å²) in [4.78, 5) is 0. The van der Waals surface area contributed by atoms with E-state index < -0.39 is 0 Å². The smallest absolute Gasteiger partial charge is 1.00 e. The molecule has 0 aliphatic heterocycles. The van der Waals surface area contributed by atoms with Crippen LogP contribution in [0.15, 0.2) is 18.2 Å². The van der Waals surface area contributed by atoms with Gasteiger partial charge in [-0.25, -0.2) is 0 Å². The van der Waals surface area contributed by atoms with Gasteiger partial charge in [-0.2, -0.15) is 0 Å². The summed E-state index contributed by atoms with van der Waals surface area (Å²) < 4.78 is 0. The second kappa shape index (κ2) is 3.59. The SMILES string of the molecule is OC1C=Cc2cc3c(cc21)CCC3.[H-].[Li+]. The molecule has 0 bridgehead atoms.